The van der Waals surface area contributed by atoms with E-state index in [4.69, 9.17) is 0 Å². The van der Waals surface area contributed by atoms with E-state index in [-0.39, 0.29) is 0 Å². The maximum Gasteiger partial charge on any atom is 0.129 e. The molecule has 2 rings (SSSR count). The van der Waals surface area contributed by atoms with Gasteiger partial charge in [0.05, 0.1) is 6.10 Å². The van der Waals surface area contributed by atoms with Gasteiger partial charge in [-0.2, -0.15) is 0 Å². The van der Waals surface area contributed by atoms with Crippen molar-refractivity contribution in [3.05, 3.63) is 23.9 Å². The number of aromatic nitrogens is 1. The molecule has 1 aromatic heterocycles. The Hall–Kier alpha value is -1.09. The third-order valence-electron chi connectivity index (χ3n) is 3.29. The molecule has 0 bridgehead atoms. The Morgan fingerprint density at radius 1 is 1.53 bits per heavy atom. The maximum atomic E-state index is 9.61. The normalized spacial score (nSPS) is 16.9. The highest BCUT2D eigenvalue weighted by atomic mass is 16.3. The molecule has 1 heterocycles. The third kappa shape index (κ3) is 3.19. The molecular formula is C14H22N2O. The van der Waals surface area contributed by atoms with E-state index >= 15 is 0 Å². The van der Waals surface area contributed by atoms with Crippen LogP contribution >= 0.6 is 0 Å². The van der Waals surface area contributed by atoms with Gasteiger partial charge in [-0.25, -0.2) is 4.98 Å². The van der Waals surface area contributed by atoms with E-state index in [1.54, 1.807) is 13.1 Å². The smallest absolute Gasteiger partial charge is 0.129 e. The van der Waals surface area contributed by atoms with Crippen molar-refractivity contribution in [1.29, 1.82) is 0 Å². The summed E-state index contributed by atoms with van der Waals surface area (Å²) < 4.78 is 0. The lowest BCUT2D eigenvalue weighted by atomic mass is 10.1. The molecule has 17 heavy (non-hydrogen) atoms. The van der Waals surface area contributed by atoms with Crippen molar-refractivity contribution in [3.63, 3.8) is 0 Å². The Labute approximate surface area is 103 Å². The molecular weight excluding hydrogens is 212 g/mol. The van der Waals surface area contributed by atoms with E-state index in [1.807, 2.05) is 12.1 Å². The van der Waals surface area contributed by atoms with Gasteiger partial charge in [0.25, 0.3) is 0 Å². The molecule has 0 saturated heterocycles. The number of hydrogen-bond acceptors (Lipinski definition) is 3. The van der Waals surface area contributed by atoms with Gasteiger partial charge in [-0.05, 0) is 43.9 Å². The number of aliphatic hydroxyl groups excluding tert-OH is 1. The first-order valence-corrected chi connectivity index (χ1v) is 6.63. The quantitative estimate of drug-likeness (QED) is 0.822. The zero-order valence-electron chi connectivity index (χ0n) is 10.8. The second kappa shape index (κ2) is 5.50. The van der Waals surface area contributed by atoms with Crippen LogP contribution in [0.15, 0.2) is 18.3 Å². The Kier molecular flexibility index (Phi) is 4.00. The van der Waals surface area contributed by atoms with Gasteiger partial charge in [0, 0.05) is 18.8 Å². The predicted octanol–water partition coefficient (Wildman–Crippen LogP) is 2.90. The Balaban J connectivity index is 2.14. The van der Waals surface area contributed by atoms with Crippen LogP contribution in [0.5, 0.6) is 0 Å². The van der Waals surface area contributed by atoms with Gasteiger partial charge in [-0.3, -0.25) is 0 Å². The van der Waals surface area contributed by atoms with Crippen molar-refractivity contribution in [1.82, 2.24) is 4.98 Å². The van der Waals surface area contributed by atoms with Crippen molar-refractivity contribution >= 4 is 5.82 Å². The molecule has 1 unspecified atom stereocenters. The standard InChI is InChI=1S/C14H22N2O/c1-3-4-9-16(13-5-6-13)14-10-12(11(2)17)7-8-15-14/h7-8,10-11,13,17H,3-6,9H2,1-2H3. The van der Waals surface area contributed by atoms with E-state index in [0.29, 0.717) is 6.04 Å². The SMILES string of the molecule is CCCCN(c1cc(C(C)O)ccn1)C1CC1. The average molecular weight is 234 g/mol. The molecule has 94 valence electrons. The maximum absolute atomic E-state index is 9.61. The van der Waals surface area contributed by atoms with Crippen LogP contribution in [0, 0.1) is 0 Å². The second-order valence-electron chi connectivity index (χ2n) is 4.90. The van der Waals surface area contributed by atoms with E-state index in [1.165, 1.54) is 25.7 Å². The second-order valence-corrected chi connectivity index (χ2v) is 4.90. The van der Waals surface area contributed by atoms with Gasteiger partial charge >= 0.3 is 0 Å². The van der Waals surface area contributed by atoms with Gasteiger partial charge in [0.15, 0.2) is 0 Å². The number of pyridine rings is 1. The summed E-state index contributed by atoms with van der Waals surface area (Å²) in [5.41, 5.74) is 0.956. The van der Waals surface area contributed by atoms with E-state index in [0.717, 1.165) is 17.9 Å². The van der Waals surface area contributed by atoms with E-state index in [9.17, 15) is 5.11 Å². The minimum Gasteiger partial charge on any atom is -0.389 e. The molecule has 3 heteroatoms. The highest BCUT2D eigenvalue weighted by Gasteiger charge is 2.29. The fourth-order valence-electron chi connectivity index (χ4n) is 2.05. The van der Waals surface area contributed by atoms with Crippen LogP contribution in [0.4, 0.5) is 5.82 Å². The summed E-state index contributed by atoms with van der Waals surface area (Å²) in [6.07, 6.45) is 6.37. The third-order valence-corrected chi connectivity index (χ3v) is 3.29. The number of rotatable bonds is 6. The number of anilines is 1. The Morgan fingerprint density at radius 2 is 2.29 bits per heavy atom. The van der Waals surface area contributed by atoms with Gasteiger partial charge in [-0.1, -0.05) is 13.3 Å². The van der Waals surface area contributed by atoms with Crippen molar-refractivity contribution in [3.8, 4) is 0 Å². The predicted molar refractivity (Wildman–Crippen MR) is 70.1 cm³/mol. The van der Waals surface area contributed by atoms with Crippen LogP contribution in [0.25, 0.3) is 0 Å². The van der Waals surface area contributed by atoms with E-state index in [2.05, 4.69) is 16.8 Å². The van der Waals surface area contributed by atoms with Crippen LogP contribution < -0.4 is 4.90 Å². The zero-order valence-corrected chi connectivity index (χ0v) is 10.8. The minimum absolute atomic E-state index is 0.413. The molecule has 1 aromatic rings. The molecule has 0 radical (unpaired) electrons. The lowest BCUT2D eigenvalue weighted by molar-refractivity contribution is 0.199. The largest absolute Gasteiger partial charge is 0.389 e. The molecule has 1 N–H and O–H groups in total. The van der Waals surface area contributed by atoms with Gasteiger partial charge < -0.3 is 10.0 Å². The first-order chi connectivity index (χ1) is 8.22. The summed E-state index contributed by atoms with van der Waals surface area (Å²) in [6.45, 7) is 5.09. The first kappa shape index (κ1) is 12.4. The van der Waals surface area contributed by atoms with Crippen molar-refractivity contribution in [2.24, 2.45) is 0 Å². The molecule has 3 nitrogen and oxygen atoms in total. The molecule has 0 aliphatic heterocycles. The lowest BCUT2D eigenvalue weighted by Gasteiger charge is -2.24. The summed E-state index contributed by atoms with van der Waals surface area (Å²) in [5, 5.41) is 9.61. The molecule has 0 spiro atoms. The van der Waals surface area contributed by atoms with Crippen molar-refractivity contribution < 1.29 is 5.11 Å². The monoisotopic (exact) mass is 234 g/mol. The lowest BCUT2D eigenvalue weighted by Crippen LogP contribution is -2.27. The van der Waals surface area contributed by atoms with Gasteiger partial charge in [0.1, 0.15) is 5.82 Å². The molecule has 1 saturated carbocycles. The van der Waals surface area contributed by atoms with Gasteiger partial charge in [0.2, 0.25) is 0 Å². The fourth-order valence-corrected chi connectivity index (χ4v) is 2.05. The van der Waals surface area contributed by atoms with Crippen molar-refractivity contribution in [2.45, 2.75) is 51.7 Å². The van der Waals surface area contributed by atoms with Crippen LogP contribution in [0.3, 0.4) is 0 Å². The van der Waals surface area contributed by atoms with Crippen molar-refractivity contribution in [2.75, 3.05) is 11.4 Å². The van der Waals surface area contributed by atoms with Crippen LogP contribution in [-0.2, 0) is 0 Å². The summed E-state index contributed by atoms with van der Waals surface area (Å²) in [6, 6.07) is 4.59. The van der Waals surface area contributed by atoms with Crippen LogP contribution in [-0.4, -0.2) is 22.7 Å². The molecule has 0 amide bonds. The molecule has 1 fully saturated rings. The van der Waals surface area contributed by atoms with E-state index < -0.39 is 6.10 Å². The average Bonchev–Trinajstić information content (AvgIpc) is 3.14. The Bertz CT molecular complexity index is 361. The molecule has 1 aliphatic rings. The van der Waals surface area contributed by atoms with Crippen LogP contribution in [0.1, 0.15) is 51.2 Å². The topological polar surface area (TPSA) is 36.4 Å². The first-order valence-electron chi connectivity index (χ1n) is 6.63. The highest BCUT2D eigenvalue weighted by molar-refractivity contribution is 5.44. The summed E-state index contributed by atoms with van der Waals surface area (Å²) in [4.78, 5) is 6.85. The van der Waals surface area contributed by atoms with Gasteiger partial charge in [-0.15, -0.1) is 0 Å². The molecule has 0 aromatic carbocycles. The number of hydrogen-bond donors (Lipinski definition) is 1. The zero-order chi connectivity index (χ0) is 12.3. The summed E-state index contributed by atoms with van der Waals surface area (Å²) in [7, 11) is 0. The molecule has 1 aliphatic carbocycles. The minimum atomic E-state index is -0.413. The number of aliphatic hydroxyl groups is 1. The Morgan fingerprint density at radius 3 is 2.88 bits per heavy atom. The number of nitrogens with zero attached hydrogens (tertiary/aromatic N) is 2. The molecule has 1 atom stereocenters. The fraction of sp³-hybridized carbons (Fsp3) is 0.643. The summed E-state index contributed by atoms with van der Waals surface area (Å²) >= 11 is 0. The summed E-state index contributed by atoms with van der Waals surface area (Å²) in [5.74, 6) is 1.03. The number of unbranched alkanes of at least 4 members (excludes halogenated alkanes) is 1. The van der Waals surface area contributed by atoms with Crippen LogP contribution in [0.2, 0.25) is 0 Å². The highest BCUT2D eigenvalue weighted by Crippen LogP contribution is 2.31.